The van der Waals surface area contributed by atoms with E-state index < -0.39 is 0 Å². The van der Waals surface area contributed by atoms with Gasteiger partial charge in [0.15, 0.2) is 0 Å². The molecular weight excluding hydrogens is 187 g/mol. The van der Waals surface area contributed by atoms with Gasteiger partial charge in [-0.05, 0) is 0 Å². The Bertz CT molecular complexity index is 71.5. The van der Waals surface area contributed by atoms with Crippen LogP contribution < -0.4 is 0 Å². The summed E-state index contributed by atoms with van der Waals surface area (Å²) in [5.41, 5.74) is 0. The molecule has 0 aromatic heterocycles. The van der Waals surface area contributed by atoms with Crippen LogP contribution in [0.3, 0.4) is 0 Å². The summed E-state index contributed by atoms with van der Waals surface area (Å²) in [6.07, 6.45) is 2.00. The topological polar surface area (TPSA) is 0 Å². The molecule has 1 aromatic carbocycles. The van der Waals surface area contributed by atoms with Gasteiger partial charge >= 0.3 is 26.2 Å². The first kappa shape index (κ1) is 12.0. The van der Waals surface area contributed by atoms with Gasteiger partial charge in [-0.2, -0.15) is 32.0 Å². The van der Waals surface area contributed by atoms with E-state index in [2.05, 4.69) is 0 Å². The van der Waals surface area contributed by atoms with Crippen LogP contribution in [0.25, 0.3) is 0 Å². The predicted molar refractivity (Wildman–Crippen MR) is 37.7 cm³/mol. The van der Waals surface area contributed by atoms with E-state index in [-0.39, 0.29) is 26.2 Å². The molecule has 1 aromatic rings. The zero-order chi connectivity index (χ0) is 6.24. The van der Waals surface area contributed by atoms with Gasteiger partial charge in [0.1, 0.15) is 0 Å². The van der Waals surface area contributed by atoms with Crippen LogP contribution in [0.1, 0.15) is 13.8 Å². The average molecular weight is 199 g/mol. The Labute approximate surface area is 76.8 Å². The normalized spacial score (nSPS) is 6.44. The van der Waals surface area contributed by atoms with Crippen molar-refractivity contribution in [3.05, 3.63) is 36.8 Å². The van der Waals surface area contributed by atoms with Gasteiger partial charge in [0.05, 0.1) is 0 Å². The molecule has 0 atom stereocenters. The van der Waals surface area contributed by atoms with Crippen molar-refractivity contribution in [3.63, 3.8) is 0 Å². The molecule has 0 bridgehead atoms. The van der Waals surface area contributed by atoms with Crippen molar-refractivity contribution in [2.45, 2.75) is 13.8 Å². The molecule has 0 nitrogen and oxygen atoms in total. The summed E-state index contributed by atoms with van der Waals surface area (Å²) in [5.74, 6) is 0. The molecule has 0 aliphatic rings. The van der Waals surface area contributed by atoms with Crippen LogP contribution in [0, 0.1) is 6.42 Å². The van der Waals surface area contributed by atoms with Crippen molar-refractivity contribution >= 4 is 0 Å². The maximum Gasteiger partial charge on any atom is 2.00 e. The summed E-state index contributed by atoms with van der Waals surface area (Å²) in [5, 5.41) is 0. The number of hydrogen-bond donors (Lipinski definition) is 0. The molecule has 9 heavy (non-hydrogen) atoms. The molecule has 1 heteroatoms. The molecule has 0 radical (unpaired) electrons. The zero-order valence-corrected chi connectivity index (χ0v) is 8.42. The Morgan fingerprint density at radius 2 is 1.44 bits per heavy atom. The molecule has 0 saturated carbocycles. The summed E-state index contributed by atoms with van der Waals surface area (Å²) in [4.78, 5) is 0. The van der Waals surface area contributed by atoms with Crippen molar-refractivity contribution < 1.29 is 26.2 Å². The van der Waals surface area contributed by atoms with Crippen molar-refractivity contribution in [2.24, 2.45) is 0 Å². The summed E-state index contributed by atoms with van der Waals surface area (Å²) >= 11 is 0. The van der Waals surface area contributed by atoms with Gasteiger partial charge in [0, 0.05) is 0 Å². The maximum absolute atomic E-state index is 2.00. The van der Waals surface area contributed by atoms with Gasteiger partial charge in [0.2, 0.25) is 0 Å². The van der Waals surface area contributed by atoms with Crippen LogP contribution in [0.4, 0.5) is 0 Å². The molecule has 0 unspecified atom stereocenters. The maximum atomic E-state index is 2.00. The van der Waals surface area contributed by atoms with Gasteiger partial charge in [-0.25, -0.2) is 12.1 Å². The van der Waals surface area contributed by atoms with Crippen LogP contribution >= 0.6 is 0 Å². The van der Waals surface area contributed by atoms with Crippen LogP contribution in [-0.4, -0.2) is 0 Å². The molecule has 0 fully saturated rings. The van der Waals surface area contributed by atoms with Crippen LogP contribution in [0.15, 0.2) is 30.3 Å². The summed E-state index contributed by atoms with van der Waals surface area (Å²) < 4.78 is 0. The van der Waals surface area contributed by atoms with E-state index in [0.717, 1.165) is 0 Å². The minimum absolute atomic E-state index is 0. The largest absolute Gasteiger partial charge is 2.00 e. The molecule has 0 aliphatic carbocycles. The van der Waals surface area contributed by atoms with E-state index in [9.17, 15) is 0 Å². The number of hydrogen-bond acceptors (Lipinski definition) is 0. The van der Waals surface area contributed by atoms with E-state index >= 15 is 0 Å². The third-order valence-electron chi connectivity index (χ3n) is 0.556. The van der Waals surface area contributed by atoms with Crippen molar-refractivity contribution in [2.75, 3.05) is 0 Å². The monoisotopic (exact) mass is 198 g/mol. The van der Waals surface area contributed by atoms with Gasteiger partial charge < -0.3 is 6.42 Å². The van der Waals surface area contributed by atoms with E-state index in [1.165, 1.54) is 0 Å². The Hall–Kier alpha value is 0.233. The molecular formula is C8H12Zr. The number of rotatable bonds is 0. The van der Waals surface area contributed by atoms with Gasteiger partial charge in [0.25, 0.3) is 0 Å². The predicted octanol–water partition coefficient (Wildman–Crippen LogP) is 2.63. The molecule has 1 rings (SSSR count). The second-order valence-electron chi connectivity index (χ2n) is 1.54. The zero-order valence-electron chi connectivity index (χ0n) is 5.96. The van der Waals surface area contributed by atoms with Gasteiger partial charge in [-0.1, -0.05) is 0 Å². The van der Waals surface area contributed by atoms with E-state index in [1.807, 2.05) is 50.6 Å². The quantitative estimate of drug-likeness (QED) is 0.564. The van der Waals surface area contributed by atoms with Crippen molar-refractivity contribution in [3.8, 4) is 0 Å². The minimum Gasteiger partial charge on any atom is -0.335 e. The van der Waals surface area contributed by atoms with Crippen LogP contribution in [0.2, 0.25) is 0 Å². The Kier molecular flexibility index (Phi) is 14.7. The first-order valence-corrected chi connectivity index (χ1v) is 2.82. The van der Waals surface area contributed by atoms with Crippen LogP contribution in [0.5, 0.6) is 0 Å². The molecule has 0 N–H and O–H groups in total. The van der Waals surface area contributed by atoms with Crippen LogP contribution in [-0.2, 0) is 26.2 Å². The van der Waals surface area contributed by atoms with E-state index in [0.29, 0.717) is 0 Å². The third kappa shape index (κ3) is 11.7. The minimum atomic E-state index is 0. The summed E-state index contributed by atoms with van der Waals surface area (Å²) in [6, 6.07) is 10.0. The Balaban J connectivity index is 0. The molecule has 0 amide bonds. The summed E-state index contributed by atoms with van der Waals surface area (Å²) in [7, 11) is 0. The van der Waals surface area contributed by atoms with Gasteiger partial charge in [-0.15, -0.1) is 0 Å². The van der Waals surface area contributed by atoms with E-state index in [1.54, 1.807) is 0 Å². The Morgan fingerprint density at radius 1 is 1.11 bits per heavy atom. The standard InChI is InChI=1S/C5H5.C3H7.Zr/c1-2-4-5-3-1;1-3-2;/h1-5H;3H,1-2H3;/q2*-1;+2. The molecule has 0 saturated heterocycles. The summed E-state index contributed by atoms with van der Waals surface area (Å²) in [6.45, 7) is 4.00. The third-order valence-corrected chi connectivity index (χ3v) is 0.556. The first-order chi connectivity index (χ1) is 3.91. The second-order valence-corrected chi connectivity index (χ2v) is 1.54. The first-order valence-electron chi connectivity index (χ1n) is 2.82. The Morgan fingerprint density at radius 3 is 1.56 bits per heavy atom. The second kappa shape index (κ2) is 11.1. The van der Waals surface area contributed by atoms with Gasteiger partial charge in [-0.3, -0.25) is 0 Å². The van der Waals surface area contributed by atoms with Crippen molar-refractivity contribution in [1.82, 2.24) is 0 Å². The molecule has 0 aliphatic heterocycles. The fourth-order valence-electron chi connectivity index (χ4n) is 0.321. The molecule has 0 spiro atoms. The fraction of sp³-hybridized carbons (Fsp3) is 0.250. The molecule has 48 valence electrons. The van der Waals surface area contributed by atoms with Crippen molar-refractivity contribution in [1.29, 1.82) is 0 Å². The SMILES string of the molecule is C[CH-]C.[Zr+2].c1cc[cH-]c1. The molecule has 0 heterocycles. The van der Waals surface area contributed by atoms with E-state index in [4.69, 9.17) is 0 Å². The average Bonchev–Trinajstić information content (AvgIpc) is 2.17. The smallest absolute Gasteiger partial charge is 0.335 e. The fourth-order valence-corrected chi connectivity index (χ4v) is 0.321.